The van der Waals surface area contributed by atoms with Gasteiger partial charge >= 0.3 is 5.97 Å². The average Bonchev–Trinajstić information content (AvgIpc) is 2.52. The van der Waals surface area contributed by atoms with E-state index < -0.39 is 17.9 Å². The van der Waals surface area contributed by atoms with Crippen molar-refractivity contribution in [2.75, 3.05) is 5.75 Å². The molecule has 2 rings (SSSR count). The van der Waals surface area contributed by atoms with E-state index in [1.54, 1.807) is 18.2 Å². The fourth-order valence-corrected chi connectivity index (χ4v) is 2.54. The van der Waals surface area contributed by atoms with E-state index in [1.807, 2.05) is 30.3 Å². The molecule has 2 aromatic rings. The minimum Gasteiger partial charge on any atom is -0.480 e. The second-order valence-corrected chi connectivity index (χ2v) is 5.35. The molecule has 0 spiro atoms. The molecule has 0 aliphatic rings. The molecule has 2 N–H and O–H groups in total. The third-order valence-corrected chi connectivity index (χ3v) is 3.79. The standard InChI is InChI=1S/C16H14ClNO3S/c17-12-8-4-7-11(10-5-2-1-3-6-10)14(12)15(19)18-13(9-22)16(20)21/h1-8,13,22H,9H2,(H,18,19)(H,20,21)/t13-/m0/s1. The normalized spacial score (nSPS) is 11.7. The summed E-state index contributed by atoms with van der Waals surface area (Å²) in [6.45, 7) is 0. The molecule has 114 valence electrons. The molecule has 6 heteroatoms. The van der Waals surface area contributed by atoms with Gasteiger partial charge < -0.3 is 10.4 Å². The molecule has 0 bridgehead atoms. The minimum atomic E-state index is -1.14. The predicted octanol–water partition coefficient (Wildman–Crippen LogP) is 3.12. The third kappa shape index (κ3) is 3.61. The van der Waals surface area contributed by atoms with Crippen LogP contribution in [0.2, 0.25) is 5.02 Å². The van der Waals surface area contributed by atoms with Crippen molar-refractivity contribution in [3.05, 3.63) is 59.1 Å². The van der Waals surface area contributed by atoms with E-state index in [0.717, 1.165) is 5.56 Å². The van der Waals surface area contributed by atoms with Crippen LogP contribution >= 0.6 is 24.2 Å². The number of aliphatic carboxylic acids is 1. The maximum absolute atomic E-state index is 12.4. The Bertz CT molecular complexity index is 691. The Hall–Kier alpha value is -1.98. The second-order valence-electron chi connectivity index (χ2n) is 4.58. The zero-order valence-corrected chi connectivity index (χ0v) is 13.1. The number of carboxylic acid groups (broad SMARTS) is 1. The highest BCUT2D eigenvalue weighted by atomic mass is 35.5. The fourth-order valence-electron chi connectivity index (χ4n) is 2.03. The van der Waals surface area contributed by atoms with Gasteiger partial charge in [0.25, 0.3) is 5.91 Å². The summed E-state index contributed by atoms with van der Waals surface area (Å²) in [5, 5.41) is 11.7. The smallest absolute Gasteiger partial charge is 0.327 e. The van der Waals surface area contributed by atoms with Crippen molar-refractivity contribution in [2.24, 2.45) is 0 Å². The van der Waals surface area contributed by atoms with Crippen molar-refractivity contribution < 1.29 is 14.7 Å². The van der Waals surface area contributed by atoms with Gasteiger partial charge in [0.05, 0.1) is 10.6 Å². The lowest BCUT2D eigenvalue weighted by molar-refractivity contribution is -0.138. The van der Waals surface area contributed by atoms with Crippen LogP contribution in [0.5, 0.6) is 0 Å². The van der Waals surface area contributed by atoms with Gasteiger partial charge in [-0.2, -0.15) is 12.6 Å². The van der Waals surface area contributed by atoms with Crippen LogP contribution in [-0.4, -0.2) is 28.8 Å². The highest BCUT2D eigenvalue weighted by Crippen LogP contribution is 2.29. The Kier molecular flexibility index (Phi) is 5.46. The molecule has 1 atom stereocenters. The Morgan fingerprint density at radius 1 is 1.14 bits per heavy atom. The maximum atomic E-state index is 12.4. The molecular formula is C16H14ClNO3S. The van der Waals surface area contributed by atoms with Gasteiger partial charge in [0.2, 0.25) is 0 Å². The molecular weight excluding hydrogens is 322 g/mol. The Morgan fingerprint density at radius 2 is 1.82 bits per heavy atom. The maximum Gasteiger partial charge on any atom is 0.327 e. The van der Waals surface area contributed by atoms with E-state index in [2.05, 4.69) is 17.9 Å². The van der Waals surface area contributed by atoms with Crippen molar-refractivity contribution in [1.82, 2.24) is 5.32 Å². The van der Waals surface area contributed by atoms with E-state index in [1.165, 1.54) is 0 Å². The number of hydrogen-bond donors (Lipinski definition) is 3. The van der Waals surface area contributed by atoms with Gasteiger partial charge in [0.1, 0.15) is 6.04 Å². The van der Waals surface area contributed by atoms with E-state index >= 15 is 0 Å². The van der Waals surface area contributed by atoms with Crippen molar-refractivity contribution in [2.45, 2.75) is 6.04 Å². The first-order chi connectivity index (χ1) is 10.5. The van der Waals surface area contributed by atoms with Gasteiger partial charge in [-0.25, -0.2) is 4.79 Å². The highest BCUT2D eigenvalue weighted by Gasteiger charge is 2.22. The van der Waals surface area contributed by atoms with Gasteiger partial charge in [0, 0.05) is 5.75 Å². The van der Waals surface area contributed by atoms with Gasteiger partial charge in [-0.05, 0) is 17.2 Å². The predicted molar refractivity (Wildman–Crippen MR) is 89.6 cm³/mol. The summed E-state index contributed by atoms with van der Waals surface area (Å²) in [5.74, 6) is -1.69. The first-order valence-corrected chi connectivity index (χ1v) is 7.54. The van der Waals surface area contributed by atoms with Crippen LogP contribution < -0.4 is 5.32 Å². The number of benzene rings is 2. The molecule has 0 saturated carbocycles. The number of hydrogen-bond acceptors (Lipinski definition) is 3. The molecule has 0 aliphatic carbocycles. The Morgan fingerprint density at radius 3 is 2.41 bits per heavy atom. The van der Waals surface area contributed by atoms with Crippen LogP contribution in [0.1, 0.15) is 10.4 Å². The van der Waals surface area contributed by atoms with Crippen molar-refractivity contribution in [1.29, 1.82) is 0 Å². The number of nitrogens with one attached hydrogen (secondary N) is 1. The molecule has 0 aromatic heterocycles. The molecule has 22 heavy (non-hydrogen) atoms. The number of thiol groups is 1. The number of amides is 1. The summed E-state index contributed by atoms with van der Waals surface area (Å²) in [6, 6.07) is 13.3. The number of carbonyl (C=O) groups is 2. The van der Waals surface area contributed by atoms with E-state index in [0.29, 0.717) is 5.56 Å². The number of carbonyl (C=O) groups excluding carboxylic acids is 1. The van der Waals surface area contributed by atoms with E-state index in [-0.39, 0.29) is 16.3 Å². The largest absolute Gasteiger partial charge is 0.480 e. The van der Waals surface area contributed by atoms with E-state index in [9.17, 15) is 9.59 Å². The minimum absolute atomic E-state index is 0.00774. The molecule has 1 amide bonds. The quantitative estimate of drug-likeness (QED) is 0.735. The molecule has 0 aliphatic heterocycles. The van der Waals surface area contributed by atoms with Gasteiger partial charge in [0.15, 0.2) is 0 Å². The summed E-state index contributed by atoms with van der Waals surface area (Å²) >= 11 is 10.1. The lowest BCUT2D eigenvalue weighted by Crippen LogP contribution is -2.42. The van der Waals surface area contributed by atoms with Crippen LogP contribution in [0.25, 0.3) is 11.1 Å². The lowest BCUT2D eigenvalue weighted by atomic mass is 9.99. The molecule has 0 heterocycles. The van der Waals surface area contributed by atoms with Crippen LogP contribution in [-0.2, 0) is 4.79 Å². The van der Waals surface area contributed by atoms with Crippen molar-refractivity contribution >= 4 is 36.1 Å². The van der Waals surface area contributed by atoms with Gasteiger partial charge in [-0.3, -0.25) is 4.79 Å². The molecule has 0 unspecified atom stereocenters. The van der Waals surface area contributed by atoms with Crippen LogP contribution in [0.4, 0.5) is 0 Å². The summed E-state index contributed by atoms with van der Waals surface area (Å²) in [5.41, 5.74) is 1.73. The Labute approximate surface area is 138 Å². The van der Waals surface area contributed by atoms with Crippen LogP contribution in [0, 0.1) is 0 Å². The number of carboxylic acids is 1. The number of halogens is 1. The Balaban J connectivity index is 2.42. The first-order valence-electron chi connectivity index (χ1n) is 6.53. The van der Waals surface area contributed by atoms with Crippen LogP contribution in [0.3, 0.4) is 0 Å². The molecule has 2 aromatic carbocycles. The zero-order chi connectivity index (χ0) is 16.1. The summed E-state index contributed by atoms with van der Waals surface area (Å²) < 4.78 is 0. The fraction of sp³-hybridized carbons (Fsp3) is 0.125. The molecule has 4 nitrogen and oxygen atoms in total. The van der Waals surface area contributed by atoms with Crippen molar-refractivity contribution in [3.8, 4) is 11.1 Å². The van der Waals surface area contributed by atoms with Crippen molar-refractivity contribution in [3.63, 3.8) is 0 Å². The first kappa shape index (κ1) is 16.4. The SMILES string of the molecule is O=C(N[C@@H](CS)C(=O)O)c1c(Cl)cccc1-c1ccccc1. The topological polar surface area (TPSA) is 66.4 Å². The molecule has 0 radical (unpaired) electrons. The highest BCUT2D eigenvalue weighted by molar-refractivity contribution is 7.80. The van der Waals surface area contributed by atoms with E-state index in [4.69, 9.17) is 16.7 Å². The average molecular weight is 336 g/mol. The summed E-state index contributed by atoms with van der Waals surface area (Å²) in [4.78, 5) is 23.5. The van der Waals surface area contributed by atoms with Gasteiger partial charge in [-0.1, -0.05) is 54.1 Å². The lowest BCUT2D eigenvalue weighted by Gasteiger charge is -2.15. The molecule has 0 saturated heterocycles. The van der Waals surface area contributed by atoms with Gasteiger partial charge in [-0.15, -0.1) is 0 Å². The molecule has 0 fully saturated rings. The third-order valence-electron chi connectivity index (χ3n) is 3.11. The monoisotopic (exact) mass is 335 g/mol. The van der Waals surface area contributed by atoms with Crippen LogP contribution in [0.15, 0.2) is 48.5 Å². The summed E-state index contributed by atoms with van der Waals surface area (Å²) in [7, 11) is 0. The summed E-state index contributed by atoms with van der Waals surface area (Å²) in [6.07, 6.45) is 0. The number of rotatable bonds is 5. The zero-order valence-electron chi connectivity index (χ0n) is 11.5. The second kappa shape index (κ2) is 7.33.